The van der Waals surface area contributed by atoms with E-state index in [4.69, 9.17) is 9.47 Å². The van der Waals surface area contributed by atoms with E-state index in [1.807, 2.05) is 0 Å². The zero-order chi connectivity index (χ0) is 17.4. The van der Waals surface area contributed by atoms with E-state index in [2.05, 4.69) is 27.7 Å². The molecule has 0 aromatic heterocycles. The van der Waals surface area contributed by atoms with Crippen molar-refractivity contribution in [1.82, 2.24) is 0 Å². The SMILES string of the molecule is C[C@@H]1C[C@@H](O)[C@H]2C(C)(C)CCC[C@]2(C)[C@@]12CC[C@]1(CO[C@H](O)C1)O2. The Labute approximate surface area is 145 Å². The number of rotatable bonds is 0. The molecule has 138 valence electrons. The van der Waals surface area contributed by atoms with E-state index in [0.717, 1.165) is 25.7 Å². The average Bonchev–Trinajstić information content (AvgIpc) is 3.01. The maximum absolute atomic E-state index is 11.0. The Kier molecular flexibility index (Phi) is 3.73. The summed E-state index contributed by atoms with van der Waals surface area (Å²) in [7, 11) is 0. The van der Waals surface area contributed by atoms with E-state index in [-0.39, 0.29) is 34.1 Å². The van der Waals surface area contributed by atoms with Crippen molar-refractivity contribution in [1.29, 1.82) is 0 Å². The minimum Gasteiger partial charge on any atom is -0.393 e. The van der Waals surface area contributed by atoms with Gasteiger partial charge in [0.25, 0.3) is 0 Å². The molecule has 2 aliphatic carbocycles. The van der Waals surface area contributed by atoms with Crippen LogP contribution >= 0.6 is 0 Å². The summed E-state index contributed by atoms with van der Waals surface area (Å²) in [6.07, 6.45) is 6.00. The first-order valence-corrected chi connectivity index (χ1v) is 9.82. The smallest absolute Gasteiger partial charge is 0.157 e. The molecule has 4 nitrogen and oxygen atoms in total. The van der Waals surface area contributed by atoms with Crippen LogP contribution < -0.4 is 0 Å². The van der Waals surface area contributed by atoms with Crippen molar-refractivity contribution in [2.45, 2.75) is 96.2 Å². The van der Waals surface area contributed by atoms with Crippen LogP contribution in [0.1, 0.15) is 72.6 Å². The topological polar surface area (TPSA) is 58.9 Å². The normalized spacial score (nSPS) is 56.8. The third-order valence-electron chi connectivity index (χ3n) is 8.22. The molecule has 0 aromatic rings. The molecular weight excluding hydrogens is 304 g/mol. The fourth-order valence-electron chi connectivity index (χ4n) is 7.34. The first kappa shape index (κ1) is 17.3. The molecule has 0 bridgehead atoms. The van der Waals surface area contributed by atoms with Gasteiger partial charge in [-0.3, -0.25) is 0 Å². The van der Waals surface area contributed by atoms with Gasteiger partial charge in [0.2, 0.25) is 0 Å². The van der Waals surface area contributed by atoms with E-state index < -0.39 is 6.29 Å². The largest absolute Gasteiger partial charge is 0.393 e. The summed E-state index contributed by atoms with van der Waals surface area (Å²) in [6.45, 7) is 9.81. The van der Waals surface area contributed by atoms with Gasteiger partial charge in [-0.05, 0) is 49.4 Å². The minimum atomic E-state index is -0.684. The molecule has 2 spiro atoms. The van der Waals surface area contributed by atoms with Gasteiger partial charge in [0.15, 0.2) is 6.29 Å². The Hall–Kier alpha value is -0.160. The van der Waals surface area contributed by atoms with Crippen molar-refractivity contribution in [3.8, 4) is 0 Å². The second-order valence-corrected chi connectivity index (χ2v) is 10.1. The van der Waals surface area contributed by atoms with Gasteiger partial charge >= 0.3 is 0 Å². The third kappa shape index (κ3) is 2.12. The summed E-state index contributed by atoms with van der Waals surface area (Å²) >= 11 is 0. The predicted octanol–water partition coefficient (Wildman–Crippen LogP) is 3.25. The molecular formula is C20H34O4. The second kappa shape index (κ2) is 5.18. The minimum absolute atomic E-state index is 0.0110. The quantitative estimate of drug-likeness (QED) is 0.712. The highest BCUT2D eigenvalue weighted by molar-refractivity contribution is 5.18. The molecule has 0 amide bonds. The maximum Gasteiger partial charge on any atom is 0.157 e. The van der Waals surface area contributed by atoms with Crippen LogP contribution in [0.4, 0.5) is 0 Å². The number of hydrogen-bond acceptors (Lipinski definition) is 4. The molecule has 2 aliphatic heterocycles. The van der Waals surface area contributed by atoms with Crippen LogP contribution in [0.3, 0.4) is 0 Å². The Morgan fingerprint density at radius 3 is 2.42 bits per heavy atom. The van der Waals surface area contributed by atoms with E-state index in [9.17, 15) is 10.2 Å². The van der Waals surface area contributed by atoms with Crippen LogP contribution in [0.25, 0.3) is 0 Å². The Bertz CT molecular complexity index is 520. The molecule has 0 aromatic carbocycles. The van der Waals surface area contributed by atoms with E-state index in [1.54, 1.807) is 0 Å². The van der Waals surface area contributed by atoms with Gasteiger partial charge in [0.05, 0.1) is 23.9 Å². The summed E-state index contributed by atoms with van der Waals surface area (Å²) in [5, 5.41) is 20.9. The summed E-state index contributed by atoms with van der Waals surface area (Å²) in [5.74, 6) is 0.608. The van der Waals surface area contributed by atoms with Crippen molar-refractivity contribution in [2.75, 3.05) is 6.61 Å². The monoisotopic (exact) mass is 338 g/mol. The lowest BCUT2D eigenvalue weighted by Gasteiger charge is -2.65. The van der Waals surface area contributed by atoms with Gasteiger partial charge < -0.3 is 19.7 Å². The van der Waals surface area contributed by atoms with E-state index in [1.165, 1.54) is 12.8 Å². The standard InChI is InChI=1S/C20H34O4/c1-13-10-14(21)16-17(2,3)6-5-7-18(16,4)20(13)9-8-19(24-20)11-15(22)23-12-19/h13-16,21-22H,5-12H2,1-4H3/t13-,14-,15+,16+,18+,19+,20-/m1/s1. The van der Waals surface area contributed by atoms with Gasteiger partial charge in [-0.25, -0.2) is 0 Å². The fraction of sp³-hybridized carbons (Fsp3) is 1.00. The molecule has 2 heterocycles. The van der Waals surface area contributed by atoms with Gasteiger partial charge in [0, 0.05) is 11.8 Å². The lowest BCUT2D eigenvalue weighted by molar-refractivity contribution is -0.269. The van der Waals surface area contributed by atoms with Gasteiger partial charge in [-0.1, -0.05) is 34.1 Å². The van der Waals surface area contributed by atoms with Crippen LogP contribution in [0.5, 0.6) is 0 Å². The number of aliphatic hydroxyl groups excluding tert-OH is 2. The molecule has 2 saturated carbocycles. The van der Waals surface area contributed by atoms with Gasteiger partial charge in [0.1, 0.15) is 0 Å². The van der Waals surface area contributed by atoms with Crippen molar-refractivity contribution >= 4 is 0 Å². The molecule has 4 heteroatoms. The molecule has 0 unspecified atom stereocenters. The first-order valence-electron chi connectivity index (χ1n) is 9.82. The molecule has 4 aliphatic rings. The van der Waals surface area contributed by atoms with Crippen LogP contribution in [0.2, 0.25) is 0 Å². The summed E-state index contributed by atoms with van der Waals surface area (Å²) in [6, 6.07) is 0. The zero-order valence-electron chi connectivity index (χ0n) is 15.7. The van der Waals surface area contributed by atoms with Crippen molar-refractivity contribution in [3.05, 3.63) is 0 Å². The molecule has 4 fully saturated rings. The Morgan fingerprint density at radius 2 is 1.75 bits per heavy atom. The average molecular weight is 338 g/mol. The second-order valence-electron chi connectivity index (χ2n) is 10.1. The van der Waals surface area contributed by atoms with Gasteiger partial charge in [-0.15, -0.1) is 0 Å². The highest BCUT2D eigenvalue weighted by Gasteiger charge is 2.69. The summed E-state index contributed by atoms with van der Waals surface area (Å²) in [4.78, 5) is 0. The molecule has 0 radical (unpaired) electrons. The lowest BCUT2D eigenvalue weighted by Crippen LogP contribution is -2.66. The molecule has 2 saturated heterocycles. The summed E-state index contributed by atoms with van der Waals surface area (Å²) < 4.78 is 12.4. The van der Waals surface area contributed by atoms with E-state index >= 15 is 0 Å². The molecule has 2 N–H and O–H groups in total. The fourth-order valence-corrected chi connectivity index (χ4v) is 7.34. The molecule has 7 atom stereocenters. The predicted molar refractivity (Wildman–Crippen MR) is 91.4 cm³/mol. The van der Waals surface area contributed by atoms with Gasteiger partial charge in [-0.2, -0.15) is 0 Å². The first-order chi connectivity index (χ1) is 11.1. The van der Waals surface area contributed by atoms with E-state index in [0.29, 0.717) is 18.9 Å². The zero-order valence-corrected chi connectivity index (χ0v) is 15.7. The summed E-state index contributed by atoms with van der Waals surface area (Å²) in [5.41, 5.74) is -0.375. The van der Waals surface area contributed by atoms with Crippen LogP contribution in [-0.2, 0) is 9.47 Å². The number of hydrogen-bond donors (Lipinski definition) is 2. The Balaban J connectivity index is 1.74. The molecule has 4 rings (SSSR count). The Morgan fingerprint density at radius 1 is 1.00 bits per heavy atom. The van der Waals surface area contributed by atoms with Crippen molar-refractivity contribution in [3.63, 3.8) is 0 Å². The van der Waals surface area contributed by atoms with Crippen molar-refractivity contribution in [2.24, 2.45) is 22.7 Å². The van der Waals surface area contributed by atoms with Crippen LogP contribution in [-0.4, -0.2) is 40.4 Å². The number of fused-ring (bicyclic) bond motifs is 2. The number of ether oxygens (including phenoxy) is 2. The number of aliphatic hydroxyl groups is 2. The van der Waals surface area contributed by atoms with Crippen LogP contribution in [0, 0.1) is 22.7 Å². The van der Waals surface area contributed by atoms with Crippen LogP contribution in [0.15, 0.2) is 0 Å². The highest BCUT2D eigenvalue weighted by Crippen LogP contribution is 2.68. The van der Waals surface area contributed by atoms with Crippen molar-refractivity contribution < 1.29 is 19.7 Å². The molecule has 24 heavy (non-hydrogen) atoms. The third-order valence-corrected chi connectivity index (χ3v) is 8.22. The highest BCUT2D eigenvalue weighted by atomic mass is 16.6. The lowest BCUT2D eigenvalue weighted by atomic mass is 9.43. The maximum atomic E-state index is 11.0.